The summed E-state index contributed by atoms with van der Waals surface area (Å²) in [5, 5.41) is 6.67. The number of furan rings is 1. The molecule has 6 nitrogen and oxygen atoms in total. The van der Waals surface area contributed by atoms with Crippen LogP contribution in [-0.4, -0.2) is 75.2 Å². The van der Waals surface area contributed by atoms with E-state index in [1.165, 1.54) is 39.1 Å². The molecule has 0 bridgehead atoms. The first-order valence-corrected chi connectivity index (χ1v) is 9.23. The Kier molecular flexibility index (Phi) is 8.70. The summed E-state index contributed by atoms with van der Waals surface area (Å²) in [6, 6.07) is 3.93. The molecule has 0 saturated carbocycles. The van der Waals surface area contributed by atoms with Gasteiger partial charge in [-0.2, -0.15) is 0 Å². The van der Waals surface area contributed by atoms with Gasteiger partial charge in [0, 0.05) is 52.2 Å². The maximum absolute atomic E-state index is 5.34. The molecule has 0 spiro atoms. The maximum Gasteiger partial charge on any atom is 0.191 e. The van der Waals surface area contributed by atoms with E-state index in [-0.39, 0.29) is 0 Å². The molecule has 2 rings (SSSR count). The van der Waals surface area contributed by atoms with Crippen LogP contribution in [0, 0.1) is 0 Å². The lowest BCUT2D eigenvalue weighted by molar-refractivity contribution is 0.152. The minimum Gasteiger partial charge on any atom is -0.469 e. The van der Waals surface area contributed by atoms with Crippen LogP contribution in [0.2, 0.25) is 0 Å². The lowest BCUT2D eigenvalue weighted by Gasteiger charge is -2.32. The predicted molar refractivity (Wildman–Crippen MR) is 99.6 cm³/mol. The van der Waals surface area contributed by atoms with Gasteiger partial charge in [0.05, 0.1) is 6.26 Å². The van der Waals surface area contributed by atoms with Gasteiger partial charge in [-0.3, -0.25) is 4.99 Å². The molecule has 0 radical (unpaired) electrons. The molecule has 1 aliphatic rings. The Balaban J connectivity index is 1.58. The molecule has 0 aromatic carbocycles. The average Bonchev–Trinajstić information content (AvgIpc) is 3.09. The second kappa shape index (κ2) is 11.1. The maximum atomic E-state index is 5.34. The summed E-state index contributed by atoms with van der Waals surface area (Å²) < 4.78 is 5.34. The zero-order valence-corrected chi connectivity index (χ0v) is 15.3. The van der Waals surface area contributed by atoms with Crippen LogP contribution in [0.1, 0.15) is 25.5 Å². The van der Waals surface area contributed by atoms with E-state index in [9.17, 15) is 0 Å². The molecule has 1 aromatic heterocycles. The van der Waals surface area contributed by atoms with Gasteiger partial charge < -0.3 is 24.9 Å². The number of hydrogen-bond acceptors (Lipinski definition) is 4. The molecule has 1 fully saturated rings. The molecule has 24 heavy (non-hydrogen) atoms. The van der Waals surface area contributed by atoms with Crippen molar-refractivity contribution in [3.05, 3.63) is 24.2 Å². The fourth-order valence-electron chi connectivity index (χ4n) is 2.81. The largest absolute Gasteiger partial charge is 0.469 e. The topological polar surface area (TPSA) is 56.0 Å². The monoisotopic (exact) mass is 335 g/mol. The van der Waals surface area contributed by atoms with Crippen molar-refractivity contribution in [3.63, 3.8) is 0 Å². The van der Waals surface area contributed by atoms with Crippen molar-refractivity contribution < 1.29 is 4.42 Å². The van der Waals surface area contributed by atoms with Gasteiger partial charge in [0.2, 0.25) is 0 Å². The number of aliphatic imine (C=N–C) groups is 1. The minimum atomic E-state index is 0.834. The second-order valence-corrected chi connectivity index (χ2v) is 6.37. The Morgan fingerprint density at radius 1 is 1.21 bits per heavy atom. The number of rotatable bonds is 9. The van der Waals surface area contributed by atoms with E-state index in [1.54, 1.807) is 6.26 Å². The van der Waals surface area contributed by atoms with E-state index in [4.69, 9.17) is 4.42 Å². The smallest absolute Gasteiger partial charge is 0.191 e. The summed E-state index contributed by atoms with van der Waals surface area (Å²) >= 11 is 0. The number of nitrogens with one attached hydrogen (secondary N) is 2. The average molecular weight is 335 g/mol. The summed E-state index contributed by atoms with van der Waals surface area (Å²) in [5.41, 5.74) is 0. The first-order valence-electron chi connectivity index (χ1n) is 9.23. The van der Waals surface area contributed by atoms with Gasteiger partial charge in [-0.15, -0.1) is 0 Å². The third-order valence-electron chi connectivity index (χ3n) is 4.34. The molecule has 0 unspecified atom stereocenters. The minimum absolute atomic E-state index is 0.834. The van der Waals surface area contributed by atoms with Crippen LogP contribution in [0.15, 0.2) is 27.8 Å². The Labute approximate surface area is 146 Å². The molecule has 1 aromatic rings. The molecule has 6 heteroatoms. The summed E-state index contributed by atoms with van der Waals surface area (Å²) in [6.07, 6.45) is 4.95. The number of hydrogen-bond donors (Lipinski definition) is 2. The molecule has 1 aliphatic heterocycles. The third kappa shape index (κ3) is 7.36. The Morgan fingerprint density at radius 3 is 2.75 bits per heavy atom. The van der Waals surface area contributed by atoms with Crippen LogP contribution in [-0.2, 0) is 6.42 Å². The summed E-state index contributed by atoms with van der Waals surface area (Å²) in [6.45, 7) is 10.7. The highest BCUT2D eigenvalue weighted by Gasteiger charge is 2.12. The van der Waals surface area contributed by atoms with Crippen molar-refractivity contribution in [2.24, 2.45) is 4.99 Å². The molecular formula is C18H33N5O. The lowest BCUT2D eigenvalue weighted by Crippen LogP contribution is -2.44. The molecule has 2 heterocycles. The van der Waals surface area contributed by atoms with Crippen LogP contribution in [0.25, 0.3) is 0 Å². The van der Waals surface area contributed by atoms with Crippen LogP contribution in [0.5, 0.6) is 0 Å². The van der Waals surface area contributed by atoms with Crippen molar-refractivity contribution in [1.82, 2.24) is 20.4 Å². The molecule has 2 N–H and O–H groups in total. The van der Waals surface area contributed by atoms with Crippen LogP contribution < -0.4 is 10.6 Å². The Hall–Kier alpha value is -1.53. The first kappa shape index (κ1) is 18.8. The highest BCUT2D eigenvalue weighted by molar-refractivity contribution is 5.79. The Morgan fingerprint density at radius 2 is 2.04 bits per heavy atom. The molecule has 0 amide bonds. The highest BCUT2D eigenvalue weighted by atomic mass is 16.3. The Bertz CT molecular complexity index is 452. The van der Waals surface area contributed by atoms with E-state index in [1.807, 2.05) is 12.1 Å². The van der Waals surface area contributed by atoms with E-state index < -0.39 is 0 Å². The van der Waals surface area contributed by atoms with E-state index in [0.29, 0.717) is 0 Å². The fraction of sp³-hybridized carbons (Fsp3) is 0.722. The number of piperazine rings is 1. The zero-order valence-electron chi connectivity index (χ0n) is 15.3. The highest BCUT2D eigenvalue weighted by Crippen LogP contribution is 2.02. The molecule has 0 atom stereocenters. The lowest BCUT2D eigenvalue weighted by atomic mass is 10.2. The summed E-state index contributed by atoms with van der Waals surface area (Å²) in [7, 11) is 2.20. The number of guanidine groups is 1. The summed E-state index contributed by atoms with van der Waals surface area (Å²) in [5.74, 6) is 1.91. The normalized spacial score (nSPS) is 17.2. The van der Waals surface area contributed by atoms with Crippen molar-refractivity contribution in [2.75, 3.05) is 59.4 Å². The van der Waals surface area contributed by atoms with Crippen molar-refractivity contribution >= 4 is 5.96 Å². The van der Waals surface area contributed by atoms with Crippen molar-refractivity contribution in [2.45, 2.75) is 26.2 Å². The number of nitrogens with zero attached hydrogens (tertiary/aromatic N) is 3. The number of unbranched alkanes of at least 4 members (excludes halogenated alkanes) is 1. The predicted octanol–water partition coefficient (Wildman–Crippen LogP) is 1.40. The van der Waals surface area contributed by atoms with E-state index >= 15 is 0 Å². The van der Waals surface area contributed by atoms with Crippen molar-refractivity contribution in [3.8, 4) is 0 Å². The van der Waals surface area contributed by atoms with Crippen LogP contribution >= 0.6 is 0 Å². The van der Waals surface area contributed by atoms with Gasteiger partial charge in [-0.1, -0.05) is 0 Å². The van der Waals surface area contributed by atoms with Crippen molar-refractivity contribution in [1.29, 1.82) is 0 Å². The van der Waals surface area contributed by atoms with Gasteiger partial charge in [-0.05, 0) is 45.5 Å². The number of likely N-dealkylation sites (N-methyl/N-ethyl adjacent to an activating group) is 1. The van der Waals surface area contributed by atoms with Crippen LogP contribution in [0.3, 0.4) is 0 Å². The van der Waals surface area contributed by atoms with Gasteiger partial charge in [0.25, 0.3) is 0 Å². The van der Waals surface area contributed by atoms with Gasteiger partial charge >= 0.3 is 0 Å². The van der Waals surface area contributed by atoms with E-state index in [0.717, 1.165) is 44.2 Å². The fourth-order valence-corrected chi connectivity index (χ4v) is 2.81. The molecule has 1 saturated heterocycles. The molecule has 136 valence electrons. The zero-order chi connectivity index (χ0) is 17.0. The SMILES string of the molecule is CCNC(=NCCCCN1CCN(C)CC1)NCCc1ccco1. The van der Waals surface area contributed by atoms with Gasteiger partial charge in [-0.25, -0.2) is 0 Å². The third-order valence-corrected chi connectivity index (χ3v) is 4.34. The quantitative estimate of drug-likeness (QED) is 0.406. The summed E-state index contributed by atoms with van der Waals surface area (Å²) in [4.78, 5) is 9.63. The second-order valence-electron chi connectivity index (χ2n) is 6.37. The van der Waals surface area contributed by atoms with Crippen LogP contribution in [0.4, 0.5) is 0 Å². The molecular weight excluding hydrogens is 302 g/mol. The standard InChI is InChI=1S/C18H33N5O/c1-3-19-18(21-10-8-17-7-6-16-24-17)20-9-4-5-11-23-14-12-22(2)13-15-23/h6-7,16H,3-5,8-15H2,1-2H3,(H2,19,20,21). The van der Waals surface area contributed by atoms with Gasteiger partial charge in [0.15, 0.2) is 5.96 Å². The molecule has 0 aliphatic carbocycles. The van der Waals surface area contributed by atoms with Gasteiger partial charge in [0.1, 0.15) is 5.76 Å². The van der Waals surface area contributed by atoms with E-state index in [2.05, 4.69) is 39.4 Å². The first-order chi connectivity index (χ1) is 11.8.